The molecule has 1 fully saturated rings. The first-order valence-electron chi connectivity index (χ1n) is 5.12. The molecule has 0 spiro atoms. The third-order valence-corrected chi connectivity index (χ3v) is 2.52. The van der Waals surface area contributed by atoms with E-state index in [1.165, 1.54) is 6.39 Å². The summed E-state index contributed by atoms with van der Waals surface area (Å²) in [4.78, 5) is 4.21. The van der Waals surface area contributed by atoms with Gasteiger partial charge in [-0.1, -0.05) is 6.92 Å². The van der Waals surface area contributed by atoms with Crippen molar-refractivity contribution in [2.75, 3.05) is 19.8 Å². The molecule has 0 amide bonds. The fourth-order valence-electron chi connectivity index (χ4n) is 1.73. The third-order valence-electron chi connectivity index (χ3n) is 2.52. The number of oxazole rings is 1. The average Bonchev–Trinajstić information content (AvgIpc) is 2.84. The van der Waals surface area contributed by atoms with E-state index in [0.29, 0.717) is 5.92 Å². The van der Waals surface area contributed by atoms with Crippen LogP contribution in [0.4, 0.5) is 0 Å². The second-order valence-electron chi connectivity index (χ2n) is 3.50. The molecule has 4 nitrogen and oxygen atoms in total. The van der Waals surface area contributed by atoms with Gasteiger partial charge in [0, 0.05) is 19.1 Å². The Morgan fingerprint density at radius 1 is 1.64 bits per heavy atom. The lowest BCUT2D eigenvalue weighted by atomic mass is 10.0. The molecule has 2 rings (SSSR count). The lowest BCUT2D eigenvalue weighted by Gasteiger charge is -2.06. The maximum Gasteiger partial charge on any atom is 0.181 e. The summed E-state index contributed by atoms with van der Waals surface area (Å²) in [7, 11) is 0. The SMILES string of the molecule is CCNCc1ncoc1C1CCOC1. The van der Waals surface area contributed by atoms with Gasteiger partial charge in [0.1, 0.15) is 5.76 Å². The third kappa shape index (κ3) is 1.96. The monoisotopic (exact) mass is 196 g/mol. The van der Waals surface area contributed by atoms with Gasteiger partial charge in [-0.05, 0) is 13.0 Å². The molecule has 1 N–H and O–H groups in total. The summed E-state index contributed by atoms with van der Waals surface area (Å²) >= 11 is 0. The van der Waals surface area contributed by atoms with E-state index in [0.717, 1.165) is 44.2 Å². The van der Waals surface area contributed by atoms with E-state index in [-0.39, 0.29) is 0 Å². The van der Waals surface area contributed by atoms with E-state index in [1.807, 2.05) is 0 Å². The van der Waals surface area contributed by atoms with E-state index in [2.05, 4.69) is 17.2 Å². The molecule has 1 aromatic heterocycles. The number of hydrogen-bond acceptors (Lipinski definition) is 4. The Morgan fingerprint density at radius 2 is 2.57 bits per heavy atom. The molecular formula is C10H16N2O2. The fourth-order valence-corrected chi connectivity index (χ4v) is 1.73. The van der Waals surface area contributed by atoms with Crippen LogP contribution in [-0.2, 0) is 11.3 Å². The molecule has 78 valence electrons. The van der Waals surface area contributed by atoms with Gasteiger partial charge in [0.25, 0.3) is 0 Å². The lowest BCUT2D eigenvalue weighted by Crippen LogP contribution is -2.14. The first kappa shape index (κ1) is 9.68. The molecule has 1 aliphatic heterocycles. The molecule has 2 heterocycles. The van der Waals surface area contributed by atoms with Crippen LogP contribution in [0.3, 0.4) is 0 Å². The molecule has 1 aliphatic rings. The minimum Gasteiger partial charge on any atom is -0.448 e. The number of ether oxygens (including phenoxy) is 1. The molecule has 14 heavy (non-hydrogen) atoms. The first-order valence-corrected chi connectivity index (χ1v) is 5.12. The van der Waals surface area contributed by atoms with Crippen LogP contribution in [0.1, 0.15) is 30.7 Å². The lowest BCUT2D eigenvalue weighted by molar-refractivity contribution is 0.191. The summed E-state index contributed by atoms with van der Waals surface area (Å²) in [5.74, 6) is 1.41. The van der Waals surface area contributed by atoms with E-state index in [1.54, 1.807) is 0 Å². The largest absolute Gasteiger partial charge is 0.448 e. The van der Waals surface area contributed by atoms with Crippen LogP contribution in [0.2, 0.25) is 0 Å². The molecule has 4 heteroatoms. The topological polar surface area (TPSA) is 47.3 Å². The molecule has 1 unspecified atom stereocenters. The summed E-state index contributed by atoms with van der Waals surface area (Å²) in [5, 5.41) is 3.25. The van der Waals surface area contributed by atoms with E-state index in [4.69, 9.17) is 9.15 Å². The number of nitrogens with one attached hydrogen (secondary N) is 1. The second-order valence-corrected chi connectivity index (χ2v) is 3.50. The highest BCUT2D eigenvalue weighted by Gasteiger charge is 2.24. The molecular weight excluding hydrogens is 180 g/mol. The van der Waals surface area contributed by atoms with Crippen molar-refractivity contribution in [3.05, 3.63) is 17.8 Å². The van der Waals surface area contributed by atoms with Crippen LogP contribution in [0, 0.1) is 0 Å². The Bertz CT molecular complexity index is 279. The molecule has 1 atom stereocenters. The maximum atomic E-state index is 5.41. The molecule has 1 saturated heterocycles. The second kappa shape index (κ2) is 4.57. The summed E-state index contributed by atoms with van der Waals surface area (Å²) < 4.78 is 10.7. The van der Waals surface area contributed by atoms with Gasteiger partial charge in [-0.15, -0.1) is 0 Å². The van der Waals surface area contributed by atoms with Gasteiger partial charge in [-0.25, -0.2) is 4.98 Å². The zero-order valence-corrected chi connectivity index (χ0v) is 8.45. The van der Waals surface area contributed by atoms with Crippen molar-refractivity contribution in [1.29, 1.82) is 0 Å². The predicted octanol–water partition coefficient (Wildman–Crippen LogP) is 1.29. The van der Waals surface area contributed by atoms with Crippen LogP contribution in [0.15, 0.2) is 10.8 Å². The van der Waals surface area contributed by atoms with Gasteiger partial charge < -0.3 is 14.5 Å². The van der Waals surface area contributed by atoms with Gasteiger partial charge in [0.15, 0.2) is 6.39 Å². The molecule has 0 aliphatic carbocycles. The van der Waals surface area contributed by atoms with Gasteiger partial charge >= 0.3 is 0 Å². The van der Waals surface area contributed by atoms with Gasteiger partial charge in [-0.2, -0.15) is 0 Å². The van der Waals surface area contributed by atoms with Crippen LogP contribution in [0.5, 0.6) is 0 Å². The Balaban J connectivity index is 2.04. The summed E-state index contributed by atoms with van der Waals surface area (Å²) in [6.07, 6.45) is 2.58. The molecule has 0 saturated carbocycles. The van der Waals surface area contributed by atoms with Crippen molar-refractivity contribution >= 4 is 0 Å². The van der Waals surface area contributed by atoms with Crippen molar-refractivity contribution in [3.63, 3.8) is 0 Å². The fraction of sp³-hybridized carbons (Fsp3) is 0.700. The van der Waals surface area contributed by atoms with E-state index in [9.17, 15) is 0 Å². The molecule has 0 bridgehead atoms. The zero-order valence-electron chi connectivity index (χ0n) is 8.45. The molecule has 0 radical (unpaired) electrons. The Morgan fingerprint density at radius 3 is 3.29 bits per heavy atom. The Kier molecular flexibility index (Phi) is 3.16. The first-order chi connectivity index (χ1) is 6.92. The van der Waals surface area contributed by atoms with Crippen LogP contribution >= 0.6 is 0 Å². The zero-order chi connectivity index (χ0) is 9.80. The minimum atomic E-state index is 0.408. The average molecular weight is 196 g/mol. The van der Waals surface area contributed by atoms with Crippen molar-refractivity contribution in [3.8, 4) is 0 Å². The van der Waals surface area contributed by atoms with Crippen LogP contribution in [-0.4, -0.2) is 24.7 Å². The highest BCUT2D eigenvalue weighted by Crippen LogP contribution is 2.27. The van der Waals surface area contributed by atoms with E-state index < -0.39 is 0 Å². The van der Waals surface area contributed by atoms with Crippen molar-refractivity contribution in [2.24, 2.45) is 0 Å². The van der Waals surface area contributed by atoms with Gasteiger partial charge in [0.2, 0.25) is 0 Å². The normalized spacial score (nSPS) is 21.6. The van der Waals surface area contributed by atoms with Crippen molar-refractivity contribution < 1.29 is 9.15 Å². The summed E-state index contributed by atoms with van der Waals surface area (Å²) in [6, 6.07) is 0. The Hall–Kier alpha value is -0.870. The number of rotatable bonds is 4. The van der Waals surface area contributed by atoms with Crippen molar-refractivity contribution in [2.45, 2.75) is 25.8 Å². The summed E-state index contributed by atoms with van der Waals surface area (Å²) in [5.41, 5.74) is 1.03. The minimum absolute atomic E-state index is 0.408. The highest BCUT2D eigenvalue weighted by molar-refractivity contribution is 5.13. The smallest absolute Gasteiger partial charge is 0.181 e. The predicted molar refractivity (Wildman–Crippen MR) is 52.1 cm³/mol. The van der Waals surface area contributed by atoms with E-state index >= 15 is 0 Å². The van der Waals surface area contributed by atoms with Crippen LogP contribution < -0.4 is 5.32 Å². The molecule has 0 aromatic carbocycles. The van der Waals surface area contributed by atoms with Crippen molar-refractivity contribution in [1.82, 2.24) is 10.3 Å². The molecule has 1 aromatic rings. The Labute approximate surface area is 83.7 Å². The number of aromatic nitrogens is 1. The van der Waals surface area contributed by atoms with Crippen LogP contribution in [0.25, 0.3) is 0 Å². The number of hydrogen-bond donors (Lipinski definition) is 1. The van der Waals surface area contributed by atoms with Gasteiger partial charge in [0.05, 0.1) is 12.3 Å². The van der Waals surface area contributed by atoms with Gasteiger partial charge in [-0.3, -0.25) is 0 Å². The highest BCUT2D eigenvalue weighted by atomic mass is 16.5. The number of nitrogens with zero attached hydrogens (tertiary/aromatic N) is 1. The quantitative estimate of drug-likeness (QED) is 0.788. The maximum absolute atomic E-state index is 5.41. The standard InChI is InChI=1S/C10H16N2O2/c1-2-11-5-9-10(14-7-12-9)8-3-4-13-6-8/h7-8,11H,2-6H2,1H3. The summed E-state index contributed by atoms with van der Waals surface area (Å²) in [6.45, 7) is 5.44.